The highest BCUT2D eigenvalue weighted by Crippen LogP contribution is 2.28. The molecule has 0 atom stereocenters. The summed E-state index contributed by atoms with van der Waals surface area (Å²) in [4.78, 5) is 22.2. The second kappa shape index (κ2) is 5.60. The zero-order valence-electron chi connectivity index (χ0n) is 11.1. The first-order chi connectivity index (χ1) is 8.69. The molecule has 0 saturated carbocycles. The maximum atomic E-state index is 11.6. The van der Waals surface area contributed by atoms with Gasteiger partial charge in [0.05, 0.1) is 12.1 Å². The van der Waals surface area contributed by atoms with Gasteiger partial charge in [0.25, 0.3) is 0 Å². The van der Waals surface area contributed by atoms with E-state index in [2.05, 4.69) is 5.32 Å². The second-order valence-corrected chi connectivity index (χ2v) is 5.01. The maximum Gasteiger partial charge on any atom is 0.412 e. The first kappa shape index (κ1) is 14.8. The lowest BCUT2D eigenvalue weighted by Gasteiger charge is -2.20. The summed E-state index contributed by atoms with van der Waals surface area (Å²) in [6.07, 6.45) is -1.04. The number of amides is 1. The van der Waals surface area contributed by atoms with Gasteiger partial charge in [-0.2, -0.15) is 0 Å². The van der Waals surface area contributed by atoms with Gasteiger partial charge in [0.2, 0.25) is 0 Å². The number of carboxylic acid groups (broad SMARTS) is 1. The van der Waals surface area contributed by atoms with Gasteiger partial charge >= 0.3 is 12.1 Å². The molecular weight excluding hydrogens is 250 g/mol. The summed E-state index contributed by atoms with van der Waals surface area (Å²) in [7, 11) is 0. The van der Waals surface area contributed by atoms with Crippen molar-refractivity contribution in [1.82, 2.24) is 0 Å². The number of carboxylic acids is 1. The molecule has 104 valence electrons. The SMILES string of the molecule is CC(C)(C)OC(=O)Nc1cccc(CC(=O)O)c1O. The summed E-state index contributed by atoms with van der Waals surface area (Å²) in [5, 5.41) is 20.9. The Balaban J connectivity index is 2.85. The van der Waals surface area contributed by atoms with Gasteiger partial charge in [-0.25, -0.2) is 4.79 Å². The Bertz CT molecular complexity index is 490. The number of phenols is 1. The smallest absolute Gasteiger partial charge is 0.412 e. The standard InChI is InChI=1S/C13H17NO5/c1-13(2,3)19-12(18)14-9-6-4-5-8(11(9)17)7-10(15)16/h4-6,17H,7H2,1-3H3,(H,14,18)(H,15,16). The molecule has 1 rings (SSSR count). The molecule has 0 unspecified atom stereocenters. The number of benzene rings is 1. The molecule has 0 bridgehead atoms. The van der Waals surface area contributed by atoms with Gasteiger partial charge in [0.15, 0.2) is 0 Å². The highest BCUT2D eigenvalue weighted by molar-refractivity contribution is 5.87. The number of anilines is 1. The van der Waals surface area contributed by atoms with Gasteiger partial charge in [-0.05, 0) is 26.8 Å². The molecule has 6 heteroatoms. The molecule has 0 saturated heterocycles. The predicted molar refractivity (Wildman–Crippen MR) is 69.3 cm³/mol. The molecule has 0 fully saturated rings. The minimum Gasteiger partial charge on any atom is -0.505 e. The number of para-hydroxylation sites is 1. The molecule has 0 aromatic heterocycles. The van der Waals surface area contributed by atoms with Gasteiger partial charge in [-0.15, -0.1) is 0 Å². The van der Waals surface area contributed by atoms with E-state index in [4.69, 9.17) is 9.84 Å². The van der Waals surface area contributed by atoms with E-state index in [1.165, 1.54) is 12.1 Å². The minimum absolute atomic E-state index is 0.119. The van der Waals surface area contributed by atoms with Crippen molar-refractivity contribution in [1.29, 1.82) is 0 Å². The molecule has 0 heterocycles. The number of aliphatic carboxylic acids is 1. The van der Waals surface area contributed by atoms with E-state index < -0.39 is 17.7 Å². The summed E-state index contributed by atoms with van der Waals surface area (Å²) in [5.41, 5.74) is -0.313. The molecule has 0 spiro atoms. The molecule has 0 aliphatic heterocycles. The third-order valence-corrected chi connectivity index (χ3v) is 2.10. The molecule has 3 N–H and O–H groups in total. The van der Waals surface area contributed by atoms with Gasteiger partial charge in [0.1, 0.15) is 11.4 Å². The van der Waals surface area contributed by atoms with Crippen molar-refractivity contribution in [3.63, 3.8) is 0 Å². The Morgan fingerprint density at radius 1 is 1.32 bits per heavy atom. The van der Waals surface area contributed by atoms with E-state index in [1.54, 1.807) is 26.8 Å². The van der Waals surface area contributed by atoms with E-state index in [-0.39, 0.29) is 23.4 Å². The predicted octanol–water partition coefficient (Wildman–Crippen LogP) is 2.37. The molecule has 1 aromatic rings. The lowest BCUT2D eigenvalue weighted by molar-refractivity contribution is -0.136. The van der Waals surface area contributed by atoms with Crippen LogP contribution in [0.15, 0.2) is 18.2 Å². The highest BCUT2D eigenvalue weighted by atomic mass is 16.6. The summed E-state index contributed by atoms with van der Waals surface area (Å²) in [5.74, 6) is -1.33. The number of nitrogens with one attached hydrogen (secondary N) is 1. The van der Waals surface area contributed by atoms with Crippen molar-refractivity contribution in [3.8, 4) is 5.75 Å². The number of aromatic hydroxyl groups is 1. The Labute approximate surface area is 111 Å². The number of ether oxygens (including phenoxy) is 1. The van der Waals surface area contributed by atoms with Crippen LogP contribution < -0.4 is 5.32 Å². The molecule has 0 radical (unpaired) electrons. The van der Waals surface area contributed by atoms with Crippen LogP contribution in [0.25, 0.3) is 0 Å². The first-order valence-corrected chi connectivity index (χ1v) is 5.71. The van der Waals surface area contributed by atoms with E-state index in [0.717, 1.165) is 0 Å². The zero-order chi connectivity index (χ0) is 14.6. The molecule has 0 aliphatic rings. The van der Waals surface area contributed by atoms with Crippen LogP contribution in [0.5, 0.6) is 5.75 Å². The van der Waals surface area contributed by atoms with Crippen LogP contribution in [0.2, 0.25) is 0 Å². The average molecular weight is 267 g/mol. The Morgan fingerprint density at radius 2 is 1.95 bits per heavy atom. The van der Waals surface area contributed by atoms with Crippen LogP contribution >= 0.6 is 0 Å². The lowest BCUT2D eigenvalue weighted by Crippen LogP contribution is -2.27. The van der Waals surface area contributed by atoms with Crippen LogP contribution in [0, 0.1) is 0 Å². The maximum absolute atomic E-state index is 11.6. The number of rotatable bonds is 3. The van der Waals surface area contributed by atoms with E-state index in [9.17, 15) is 14.7 Å². The van der Waals surface area contributed by atoms with Gasteiger partial charge in [-0.3, -0.25) is 10.1 Å². The van der Waals surface area contributed by atoms with E-state index >= 15 is 0 Å². The third kappa shape index (κ3) is 4.87. The Morgan fingerprint density at radius 3 is 2.47 bits per heavy atom. The summed E-state index contributed by atoms with van der Waals surface area (Å²) in [6, 6.07) is 4.49. The molecule has 1 aromatic carbocycles. The number of phenolic OH excluding ortho intramolecular Hbond substituents is 1. The topological polar surface area (TPSA) is 95.9 Å². The van der Waals surface area contributed by atoms with Crippen molar-refractivity contribution < 1.29 is 24.5 Å². The van der Waals surface area contributed by atoms with Crippen LogP contribution in [-0.2, 0) is 16.0 Å². The Hall–Kier alpha value is -2.24. The Kier molecular flexibility index (Phi) is 4.37. The molecule has 19 heavy (non-hydrogen) atoms. The van der Waals surface area contributed by atoms with Crippen molar-refractivity contribution in [2.24, 2.45) is 0 Å². The van der Waals surface area contributed by atoms with E-state index in [0.29, 0.717) is 0 Å². The van der Waals surface area contributed by atoms with Crippen molar-refractivity contribution in [2.45, 2.75) is 32.8 Å². The van der Waals surface area contributed by atoms with Crippen molar-refractivity contribution >= 4 is 17.7 Å². The van der Waals surface area contributed by atoms with Crippen LogP contribution in [0.1, 0.15) is 26.3 Å². The van der Waals surface area contributed by atoms with Gasteiger partial charge < -0.3 is 14.9 Å². The molecule has 6 nitrogen and oxygen atoms in total. The zero-order valence-corrected chi connectivity index (χ0v) is 11.1. The molecular formula is C13H17NO5. The van der Waals surface area contributed by atoms with Crippen LogP contribution in [-0.4, -0.2) is 27.9 Å². The largest absolute Gasteiger partial charge is 0.505 e. The summed E-state index contributed by atoms with van der Waals surface area (Å²) in [6.45, 7) is 5.15. The van der Waals surface area contributed by atoms with Crippen molar-refractivity contribution in [3.05, 3.63) is 23.8 Å². The van der Waals surface area contributed by atoms with Crippen LogP contribution in [0.3, 0.4) is 0 Å². The molecule has 1 amide bonds. The monoisotopic (exact) mass is 267 g/mol. The quantitative estimate of drug-likeness (QED) is 0.731. The fraction of sp³-hybridized carbons (Fsp3) is 0.385. The number of carbonyl (C=O) groups excluding carboxylic acids is 1. The average Bonchev–Trinajstić information content (AvgIpc) is 2.20. The first-order valence-electron chi connectivity index (χ1n) is 5.71. The number of hydrogen-bond donors (Lipinski definition) is 3. The van der Waals surface area contributed by atoms with Gasteiger partial charge in [0, 0.05) is 5.56 Å². The number of hydrogen-bond acceptors (Lipinski definition) is 4. The normalized spacial score (nSPS) is 10.9. The minimum atomic E-state index is -1.07. The molecule has 0 aliphatic carbocycles. The third-order valence-electron chi connectivity index (χ3n) is 2.10. The fourth-order valence-electron chi connectivity index (χ4n) is 1.41. The second-order valence-electron chi connectivity index (χ2n) is 5.01. The van der Waals surface area contributed by atoms with E-state index in [1.807, 2.05) is 0 Å². The number of carbonyl (C=O) groups is 2. The lowest BCUT2D eigenvalue weighted by atomic mass is 10.1. The van der Waals surface area contributed by atoms with Crippen molar-refractivity contribution in [2.75, 3.05) is 5.32 Å². The highest BCUT2D eigenvalue weighted by Gasteiger charge is 2.18. The van der Waals surface area contributed by atoms with Gasteiger partial charge in [-0.1, -0.05) is 12.1 Å². The fourth-order valence-corrected chi connectivity index (χ4v) is 1.41. The van der Waals surface area contributed by atoms with Crippen LogP contribution in [0.4, 0.5) is 10.5 Å². The summed E-state index contributed by atoms with van der Waals surface area (Å²) < 4.78 is 5.04. The summed E-state index contributed by atoms with van der Waals surface area (Å²) >= 11 is 0.